The minimum Gasteiger partial charge on any atom is -0.494 e. The zero-order valence-electron chi connectivity index (χ0n) is 12.5. The topological polar surface area (TPSA) is 29.5 Å². The van der Waals surface area contributed by atoms with Crippen molar-refractivity contribution in [2.24, 2.45) is 0 Å². The third-order valence-corrected chi connectivity index (χ3v) is 5.82. The summed E-state index contributed by atoms with van der Waals surface area (Å²) >= 11 is 3.46. The molecular formula is C17H19NO2S2. The summed E-state index contributed by atoms with van der Waals surface area (Å²) in [5.41, 5.74) is 1.17. The molecule has 1 atom stereocenters. The van der Waals surface area contributed by atoms with Crippen LogP contribution < -0.4 is 4.74 Å². The summed E-state index contributed by atoms with van der Waals surface area (Å²) in [4.78, 5) is 15.5. The molecule has 0 saturated carbocycles. The van der Waals surface area contributed by atoms with E-state index in [2.05, 4.69) is 29.6 Å². The second-order valence-corrected chi connectivity index (χ2v) is 7.18. The highest BCUT2D eigenvalue weighted by Crippen LogP contribution is 2.39. The van der Waals surface area contributed by atoms with Gasteiger partial charge in [-0.3, -0.25) is 4.79 Å². The van der Waals surface area contributed by atoms with E-state index in [-0.39, 0.29) is 11.3 Å². The maximum atomic E-state index is 12.2. The molecule has 3 rings (SSSR count). The predicted molar refractivity (Wildman–Crippen MR) is 92.5 cm³/mol. The number of rotatable bonds is 6. The van der Waals surface area contributed by atoms with Crippen molar-refractivity contribution in [1.82, 2.24) is 4.90 Å². The third-order valence-electron chi connectivity index (χ3n) is 3.62. The van der Waals surface area contributed by atoms with E-state index in [1.165, 1.54) is 10.4 Å². The lowest BCUT2D eigenvalue weighted by atomic mass is 10.2. The molecule has 2 heterocycles. The largest absolute Gasteiger partial charge is 0.494 e. The van der Waals surface area contributed by atoms with Crippen LogP contribution in [0.3, 0.4) is 0 Å². The van der Waals surface area contributed by atoms with Gasteiger partial charge in [-0.15, -0.1) is 23.1 Å². The summed E-state index contributed by atoms with van der Waals surface area (Å²) in [5.74, 6) is 1.69. The van der Waals surface area contributed by atoms with E-state index in [4.69, 9.17) is 4.74 Å². The maximum Gasteiger partial charge on any atom is 0.233 e. The van der Waals surface area contributed by atoms with Crippen LogP contribution in [0.25, 0.3) is 0 Å². The van der Waals surface area contributed by atoms with E-state index in [0.29, 0.717) is 12.4 Å². The Morgan fingerprint density at radius 1 is 1.27 bits per heavy atom. The van der Waals surface area contributed by atoms with Crippen LogP contribution in [0.1, 0.15) is 22.7 Å². The van der Waals surface area contributed by atoms with Gasteiger partial charge in [0.25, 0.3) is 0 Å². The number of carbonyl (C=O) groups is 1. The lowest BCUT2D eigenvalue weighted by molar-refractivity contribution is -0.128. The fourth-order valence-electron chi connectivity index (χ4n) is 2.55. The molecule has 0 N–H and O–H groups in total. The number of amides is 1. The Hall–Kier alpha value is -1.46. The standard InChI is InChI=1S/C17H19NO2S2/c1-2-20-14-7-5-13(6-8-14)17-18(16(19)12-22-17)10-9-15-4-3-11-21-15/h3-8,11,17H,2,9-10,12H2,1H3. The zero-order chi connectivity index (χ0) is 15.4. The molecule has 1 aliphatic rings. The van der Waals surface area contributed by atoms with Gasteiger partial charge >= 0.3 is 0 Å². The summed E-state index contributed by atoms with van der Waals surface area (Å²) in [7, 11) is 0. The van der Waals surface area contributed by atoms with Gasteiger partial charge in [-0.05, 0) is 42.5 Å². The Morgan fingerprint density at radius 2 is 2.09 bits per heavy atom. The SMILES string of the molecule is CCOc1ccc(C2SCC(=O)N2CCc2cccs2)cc1. The highest BCUT2D eigenvalue weighted by Gasteiger charge is 2.32. The quantitative estimate of drug-likeness (QED) is 0.801. The van der Waals surface area contributed by atoms with Crippen molar-refractivity contribution >= 4 is 29.0 Å². The lowest BCUT2D eigenvalue weighted by Gasteiger charge is -2.24. The van der Waals surface area contributed by atoms with Crippen molar-refractivity contribution in [2.45, 2.75) is 18.7 Å². The molecule has 0 bridgehead atoms. The number of thioether (sulfide) groups is 1. The van der Waals surface area contributed by atoms with Gasteiger partial charge < -0.3 is 9.64 Å². The van der Waals surface area contributed by atoms with Crippen molar-refractivity contribution in [1.29, 1.82) is 0 Å². The summed E-state index contributed by atoms with van der Waals surface area (Å²) in [6, 6.07) is 12.3. The molecule has 1 unspecified atom stereocenters. The fraction of sp³-hybridized carbons (Fsp3) is 0.353. The molecule has 1 aliphatic heterocycles. The van der Waals surface area contributed by atoms with Crippen LogP contribution in [0, 0.1) is 0 Å². The minimum absolute atomic E-state index is 0.128. The molecule has 5 heteroatoms. The number of benzene rings is 1. The summed E-state index contributed by atoms with van der Waals surface area (Å²) in [6.45, 7) is 3.43. The van der Waals surface area contributed by atoms with Crippen molar-refractivity contribution in [3.8, 4) is 5.75 Å². The third kappa shape index (κ3) is 3.47. The highest BCUT2D eigenvalue weighted by atomic mass is 32.2. The van der Waals surface area contributed by atoms with Crippen LogP contribution in [0.5, 0.6) is 5.75 Å². The first-order valence-electron chi connectivity index (χ1n) is 7.44. The molecule has 1 amide bonds. The first-order chi connectivity index (χ1) is 10.8. The molecule has 1 fully saturated rings. The Labute approximate surface area is 139 Å². The number of hydrogen-bond acceptors (Lipinski definition) is 4. The van der Waals surface area contributed by atoms with E-state index in [0.717, 1.165) is 18.7 Å². The van der Waals surface area contributed by atoms with E-state index >= 15 is 0 Å². The monoisotopic (exact) mass is 333 g/mol. The van der Waals surface area contributed by atoms with E-state index < -0.39 is 0 Å². The number of ether oxygens (including phenoxy) is 1. The molecule has 3 nitrogen and oxygen atoms in total. The average molecular weight is 333 g/mol. The van der Waals surface area contributed by atoms with Gasteiger partial charge in [0.1, 0.15) is 11.1 Å². The summed E-state index contributed by atoms with van der Waals surface area (Å²) in [5, 5.41) is 2.21. The summed E-state index contributed by atoms with van der Waals surface area (Å²) in [6.07, 6.45) is 0.928. The van der Waals surface area contributed by atoms with Crippen LogP contribution in [0.15, 0.2) is 41.8 Å². The Balaban J connectivity index is 1.69. The maximum absolute atomic E-state index is 12.2. The molecule has 1 saturated heterocycles. The van der Waals surface area contributed by atoms with Gasteiger partial charge in [0.2, 0.25) is 5.91 Å². The van der Waals surface area contributed by atoms with E-state index in [1.807, 2.05) is 24.0 Å². The number of thiophene rings is 1. The Kier molecular flexibility index (Phi) is 5.05. The molecule has 1 aromatic carbocycles. The van der Waals surface area contributed by atoms with Gasteiger partial charge in [0.15, 0.2) is 0 Å². The van der Waals surface area contributed by atoms with Gasteiger partial charge in [-0.25, -0.2) is 0 Å². The highest BCUT2D eigenvalue weighted by molar-refractivity contribution is 8.00. The second-order valence-electron chi connectivity index (χ2n) is 5.08. The second kappa shape index (κ2) is 7.20. The van der Waals surface area contributed by atoms with Gasteiger partial charge in [0, 0.05) is 11.4 Å². The van der Waals surface area contributed by atoms with Crippen LogP contribution in [0.2, 0.25) is 0 Å². The molecule has 0 aliphatic carbocycles. The van der Waals surface area contributed by atoms with Crippen molar-refractivity contribution in [3.63, 3.8) is 0 Å². The first-order valence-corrected chi connectivity index (χ1v) is 9.37. The fourth-order valence-corrected chi connectivity index (χ4v) is 4.47. The number of carbonyl (C=O) groups excluding carboxylic acids is 1. The Bertz CT molecular complexity index is 610. The molecule has 1 aromatic heterocycles. The minimum atomic E-state index is 0.128. The molecular weight excluding hydrogens is 314 g/mol. The molecule has 116 valence electrons. The van der Waals surface area contributed by atoms with E-state index in [9.17, 15) is 4.79 Å². The number of hydrogen-bond donors (Lipinski definition) is 0. The molecule has 0 spiro atoms. The number of nitrogens with zero attached hydrogens (tertiary/aromatic N) is 1. The van der Waals surface area contributed by atoms with Crippen molar-refractivity contribution < 1.29 is 9.53 Å². The van der Waals surface area contributed by atoms with Crippen LogP contribution in [-0.2, 0) is 11.2 Å². The van der Waals surface area contributed by atoms with Gasteiger partial charge in [-0.2, -0.15) is 0 Å². The van der Waals surface area contributed by atoms with E-state index in [1.54, 1.807) is 23.1 Å². The normalized spacial score (nSPS) is 18.0. The van der Waals surface area contributed by atoms with Crippen LogP contribution in [-0.4, -0.2) is 29.7 Å². The zero-order valence-corrected chi connectivity index (χ0v) is 14.2. The first kappa shape index (κ1) is 15.4. The summed E-state index contributed by atoms with van der Waals surface area (Å²) < 4.78 is 5.48. The van der Waals surface area contributed by atoms with Crippen molar-refractivity contribution in [3.05, 3.63) is 52.2 Å². The van der Waals surface area contributed by atoms with Crippen LogP contribution >= 0.6 is 23.1 Å². The predicted octanol–water partition coefficient (Wildman–Crippen LogP) is 3.96. The van der Waals surface area contributed by atoms with Crippen LogP contribution in [0.4, 0.5) is 0 Å². The molecule has 0 radical (unpaired) electrons. The molecule has 22 heavy (non-hydrogen) atoms. The Morgan fingerprint density at radius 3 is 2.77 bits per heavy atom. The smallest absolute Gasteiger partial charge is 0.233 e. The lowest BCUT2D eigenvalue weighted by Crippen LogP contribution is -2.30. The molecule has 2 aromatic rings. The van der Waals surface area contributed by atoms with Crippen molar-refractivity contribution in [2.75, 3.05) is 18.9 Å². The van der Waals surface area contributed by atoms with Gasteiger partial charge in [-0.1, -0.05) is 18.2 Å². The van der Waals surface area contributed by atoms with Gasteiger partial charge in [0.05, 0.1) is 12.4 Å². The average Bonchev–Trinajstić information content (AvgIpc) is 3.16.